The van der Waals surface area contributed by atoms with Crippen LogP contribution in [0.25, 0.3) is 0 Å². The minimum atomic E-state index is -0.221. The van der Waals surface area contributed by atoms with Gasteiger partial charge in [0.2, 0.25) is 11.1 Å². The molecule has 0 saturated heterocycles. The minimum Gasteiger partial charge on any atom is -0.301 e. The molecule has 1 N–H and O–H groups in total. The number of thioether (sulfide) groups is 1. The third-order valence-electron chi connectivity index (χ3n) is 2.28. The maximum Gasteiger partial charge on any atom is 0.236 e. The molecule has 2 rings (SSSR count). The third-order valence-corrected chi connectivity index (χ3v) is 4.46. The van der Waals surface area contributed by atoms with Gasteiger partial charge in [-0.1, -0.05) is 23.1 Å². The van der Waals surface area contributed by atoms with Crippen molar-refractivity contribution in [2.75, 3.05) is 11.1 Å². The Kier molecular flexibility index (Phi) is 4.45. The molecule has 10 heteroatoms. The quantitative estimate of drug-likeness (QED) is 0.646. The molecule has 8 nitrogen and oxygen atoms in total. The van der Waals surface area contributed by atoms with Crippen LogP contribution in [0.4, 0.5) is 5.13 Å². The number of Topliss-reactive ketones (excluding diaryl/α,β-unsaturated/α-hetero) is 1. The molecule has 0 spiro atoms. The van der Waals surface area contributed by atoms with Gasteiger partial charge in [-0.15, -0.1) is 5.10 Å². The summed E-state index contributed by atoms with van der Waals surface area (Å²) in [5, 5.41) is 14.6. The molecular weight excluding hydrogens is 300 g/mol. The van der Waals surface area contributed by atoms with Crippen LogP contribution in [0.2, 0.25) is 0 Å². The monoisotopic (exact) mass is 312 g/mol. The summed E-state index contributed by atoms with van der Waals surface area (Å²) in [5.41, 5.74) is 0.628. The summed E-state index contributed by atoms with van der Waals surface area (Å²) >= 11 is 2.40. The Bertz CT molecular complexity index is 650. The summed E-state index contributed by atoms with van der Waals surface area (Å²) in [5.74, 6) is -0.107. The highest BCUT2D eigenvalue weighted by atomic mass is 32.2. The summed E-state index contributed by atoms with van der Waals surface area (Å²) in [6.07, 6.45) is 0. The third kappa shape index (κ3) is 3.39. The predicted octanol–water partition coefficient (Wildman–Crippen LogP) is 0.908. The maximum absolute atomic E-state index is 11.8. The first-order chi connectivity index (χ1) is 9.47. The molecule has 0 saturated carbocycles. The molecule has 0 aliphatic rings. The number of hydrogen-bond acceptors (Lipinski definition) is 8. The van der Waals surface area contributed by atoms with E-state index >= 15 is 0 Å². The molecule has 20 heavy (non-hydrogen) atoms. The van der Waals surface area contributed by atoms with Crippen molar-refractivity contribution in [2.24, 2.45) is 7.05 Å². The molecule has 0 radical (unpaired) electrons. The van der Waals surface area contributed by atoms with Crippen LogP contribution in [0.15, 0.2) is 5.16 Å². The molecule has 0 aromatic carbocycles. The normalized spacial score (nSPS) is 10.6. The van der Waals surface area contributed by atoms with E-state index in [9.17, 15) is 9.59 Å². The fourth-order valence-electron chi connectivity index (χ4n) is 1.41. The number of hydrogen-bond donors (Lipinski definition) is 1. The topological polar surface area (TPSA) is 103 Å². The molecule has 0 aliphatic carbocycles. The van der Waals surface area contributed by atoms with Crippen molar-refractivity contribution in [3.05, 3.63) is 10.6 Å². The summed E-state index contributed by atoms with van der Waals surface area (Å²) in [6.45, 7) is 3.21. The second-order valence-electron chi connectivity index (χ2n) is 3.91. The van der Waals surface area contributed by atoms with E-state index in [2.05, 4.69) is 25.8 Å². The zero-order chi connectivity index (χ0) is 14.7. The maximum atomic E-state index is 11.8. The Labute approximate surface area is 123 Å². The standard InChI is InChI=1S/C10H12N6O2S2/c1-5-8(6(2)17)20-9(11-5)12-7(18)4-19-10-13-14-15-16(10)3/h4H2,1-3H3,(H,11,12,18). The van der Waals surface area contributed by atoms with Crippen LogP contribution < -0.4 is 5.32 Å². The molecule has 2 heterocycles. The summed E-state index contributed by atoms with van der Waals surface area (Å²) < 4.78 is 1.49. The lowest BCUT2D eigenvalue weighted by Crippen LogP contribution is -2.14. The Hall–Kier alpha value is -1.81. The van der Waals surface area contributed by atoms with E-state index in [0.717, 1.165) is 0 Å². The predicted molar refractivity (Wildman–Crippen MR) is 75.0 cm³/mol. The molecule has 0 unspecified atom stereocenters. The highest BCUT2D eigenvalue weighted by Crippen LogP contribution is 2.23. The number of amides is 1. The largest absolute Gasteiger partial charge is 0.301 e. The average Bonchev–Trinajstić information content (AvgIpc) is 2.93. The fourth-order valence-corrected chi connectivity index (χ4v) is 2.93. The van der Waals surface area contributed by atoms with Crippen molar-refractivity contribution in [1.29, 1.82) is 0 Å². The molecule has 106 valence electrons. The van der Waals surface area contributed by atoms with Gasteiger partial charge in [-0.05, 0) is 17.4 Å². The van der Waals surface area contributed by atoms with Gasteiger partial charge in [-0.2, -0.15) is 0 Å². The summed E-state index contributed by atoms with van der Waals surface area (Å²) in [7, 11) is 1.70. The molecule has 1 amide bonds. The lowest BCUT2D eigenvalue weighted by Gasteiger charge is -2.00. The molecule has 0 fully saturated rings. The number of tetrazole rings is 1. The van der Waals surface area contributed by atoms with Gasteiger partial charge in [0.05, 0.1) is 16.3 Å². The van der Waals surface area contributed by atoms with Crippen molar-refractivity contribution in [2.45, 2.75) is 19.0 Å². The van der Waals surface area contributed by atoms with Gasteiger partial charge in [0.1, 0.15) is 0 Å². The molecule has 2 aromatic rings. The Morgan fingerprint density at radius 2 is 2.20 bits per heavy atom. The van der Waals surface area contributed by atoms with Crippen molar-refractivity contribution < 1.29 is 9.59 Å². The van der Waals surface area contributed by atoms with E-state index in [1.54, 1.807) is 14.0 Å². The van der Waals surface area contributed by atoms with Gasteiger partial charge in [0.15, 0.2) is 10.9 Å². The first-order valence-corrected chi connectivity index (χ1v) is 7.41. The van der Waals surface area contributed by atoms with Gasteiger partial charge in [-0.3, -0.25) is 9.59 Å². The number of carbonyl (C=O) groups excluding carboxylic acids is 2. The van der Waals surface area contributed by atoms with Crippen LogP contribution in [0.3, 0.4) is 0 Å². The summed E-state index contributed by atoms with van der Waals surface area (Å²) in [6, 6.07) is 0. The number of anilines is 1. The number of carbonyl (C=O) groups is 2. The SMILES string of the molecule is CC(=O)c1sc(NC(=O)CSc2nnnn2C)nc1C. The Balaban J connectivity index is 1.93. The van der Waals surface area contributed by atoms with Gasteiger partial charge >= 0.3 is 0 Å². The van der Waals surface area contributed by atoms with Gasteiger partial charge in [0.25, 0.3) is 0 Å². The highest BCUT2D eigenvalue weighted by molar-refractivity contribution is 7.99. The van der Waals surface area contributed by atoms with Crippen LogP contribution in [0.1, 0.15) is 22.3 Å². The van der Waals surface area contributed by atoms with E-state index in [1.165, 1.54) is 34.7 Å². The van der Waals surface area contributed by atoms with E-state index < -0.39 is 0 Å². The number of nitrogens with zero attached hydrogens (tertiary/aromatic N) is 5. The van der Waals surface area contributed by atoms with Crippen LogP contribution in [0, 0.1) is 6.92 Å². The highest BCUT2D eigenvalue weighted by Gasteiger charge is 2.14. The fraction of sp³-hybridized carbons (Fsp3) is 0.400. The van der Waals surface area contributed by atoms with Crippen LogP contribution >= 0.6 is 23.1 Å². The lowest BCUT2D eigenvalue weighted by molar-refractivity contribution is -0.113. The van der Waals surface area contributed by atoms with Gasteiger partial charge in [0, 0.05) is 14.0 Å². The number of aryl methyl sites for hydroxylation is 2. The minimum absolute atomic E-state index is 0.0555. The molecule has 2 aromatic heterocycles. The molecular formula is C10H12N6O2S2. The Morgan fingerprint density at radius 1 is 1.45 bits per heavy atom. The van der Waals surface area contributed by atoms with Gasteiger partial charge in [-0.25, -0.2) is 9.67 Å². The number of thiazole rings is 1. The smallest absolute Gasteiger partial charge is 0.236 e. The first kappa shape index (κ1) is 14.6. The van der Waals surface area contributed by atoms with E-state index in [4.69, 9.17) is 0 Å². The zero-order valence-electron chi connectivity index (χ0n) is 11.1. The Morgan fingerprint density at radius 3 is 2.75 bits per heavy atom. The lowest BCUT2D eigenvalue weighted by atomic mass is 10.3. The second-order valence-corrected chi connectivity index (χ2v) is 5.85. The van der Waals surface area contributed by atoms with Crippen molar-refractivity contribution >= 4 is 39.9 Å². The van der Waals surface area contributed by atoms with Crippen LogP contribution in [-0.4, -0.2) is 42.6 Å². The van der Waals surface area contributed by atoms with Crippen molar-refractivity contribution in [3.63, 3.8) is 0 Å². The number of rotatable bonds is 5. The zero-order valence-corrected chi connectivity index (χ0v) is 12.7. The number of nitrogens with one attached hydrogen (secondary N) is 1. The van der Waals surface area contributed by atoms with Crippen LogP contribution in [-0.2, 0) is 11.8 Å². The van der Waals surface area contributed by atoms with E-state index in [1.807, 2.05) is 0 Å². The first-order valence-electron chi connectivity index (χ1n) is 5.60. The number of aromatic nitrogens is 5. The molecule has 0 aliphatic heterocycles. The second kappa shape index (κ2) is 6.09. The van der Waals surface area contributed by atoms with E-state index in [-0.39, 0.29) is 17.4 Å². The van der Waals surface area contributed by atoms with Gasteiger partial charge < -0.3 is 5.32 Å². The number of ketones is 1. The van der Waals surface area contributed by atoms with Crippen molar-refractivity contribution in [1.82, 2.24) is 25.2 Å². The van der Waals surface area contributed by atoms with E-state index in [0.29, 0.717) is 20.9 Å². The molecule has 0 atom stereocenters. The van der Waals surface area contributed by atoms with Crippen LogP contribution in [0.5, 0.6) is 0 Å². The average molecular weight is 312 g/mol. The van der Waals surface area contributed by atoms with Crippen molar-refractivity contribution in [3.8, 4) is 0 Å². The summed E-state index contributed by atoms with van der Waals surface area (Å²) in [4.78, 5) is 27.8. The molecule has 0 bridgehead atoms.